The van der Waals surface area contributed by atoms with Gasteiger partial charge in [-0.15, -0.1) is 0 Å². The van der Waals surface area contributed by atoms with Crippen molar-refractivity contribution < 1.29 is 63.1 Å². The van der Waals surface area contributed by atoms with Crippen LogP contribution in [0.5, 0.6) is 0 Å². The minimum atomic E-state index is -5.15. The smallest absolute Gasteiger partial charge is 0.462 e. The second kappa shape index (κ2) is 33.8. The van der Waals surface area contributed by atoms with E-state index in [0.29, 0.717) is 12.8 Å². The number of carbonyl (C=O) groups excluding carboxylic acids is 2. The summed E-state index contributed by atoms with van der Waals surface area (Å²) in [6.07, 6.45) is 29.6. The fourth-order valence-corrected chi connectivity index (χ4v) is 6.58. The Labute approximate surface area is 346 Å². The standard InChI is InChI=1S/C44H71O13P/c1-3-5-7-9-11-13-15-17-19-21-23-25-27-29-31-33-38(46)56-36(35-55-58(52,53)57-44-42(50)40(48)39(47)41(49)43(44)51)34-54-37(45)32-30-28-26-24-22-20-18-16-14-12-10-8-6-4-2/h5,7,10-13,16-19,23,25,29,31,36,39-44,47-51H,3-4,6,8-9,14-15,20-22,24,26-28,30,32-35H2,1-2H3,(H,52,53)/b7-5-,12-10-,13-11-,18-16-,19-17-,25-23-,31-29-. The molecule has 0 aliphatic heterocycles. The molecule has 1 rings (SSSR count). The summed E-state index contributed by atoms with van der Waals surface area (Å²) in [5, 5.41) is 50.0. The van der Waals surface area contributed by atoms with E-state index in [1.807, 2.05) is 12.2 Å². The molecule has 58 heavy (non-hydrogen) atoms. The lowest BCUT2D eigenvalue weighted by atomic mass is 9.85. The Morgan fingerprint density at radius 2 is 1.03 bits per heavy atom. The fraction of sp³-hybridized carbons (Fsp3) is 0.636. The monoisotopic (exact) mass is 838 g/mol. The van der Waals surface area contributed by atoms with E-state index in [0.717, 1.165) is 70.6 Å². The van der Waals surface area contributed by atoms with E-state index < -0.39 is 75.7 Å². The number of hydrogen-bond acceptors (Lipinski definition) is 12. The zero-order chi connectivity index (χ0) is 42.9. The van der Waals surface area contributed by atoms with Crippen molar-refractivity contribution in [2.75, 3.05) is 13.2 Å². The number of phosphoric ester groups is 1. The molecule has 6 atom stereocenters. The quantitative estimate of drug-likeness (QED) is 0.0170. The van der Waals surface area contributed by atoms with Gasteiger partial charge in [0.1, 0.15) is 43.2 Å². The van der Waals surface area contributed by atoms with E-state index in [9.17, 15) is 44.6 Å². The molecule has 1 fully saturated rings. The fourth-order valence-electron chi connectivity index (χ4n) is 5.61. The maximum Gasteiger partial charge on any atom is 0.472 e. The number of unbranched alkanes of at least 4 members (excludes halogenated alkanes) is 7. The summed E-state index contributed by atoms with van der Waals surface area (Å²) >= 11 is 0. The van der Waals surface area contributed by atoms with Crippen molar-refractivity contribution in [3.63, 3.8) is 0 Å². The molecule has 0 aromatic carbocycles. The van der Waals surface area contributed by atoms with Gasteiger partial charge in [0.25, 0.3) is 0 Å². The van der Waals surface area contributed by atoms with Crippen molar-refractivity contribution in [3.05, 3.63) is 85.1 Å². The molecule has 0 bridgehead atoms. The number of hydrogen-bond donors (Lipinski definition) is 6. The van der Waals surface area contributed by atoms with Crippen molar-refractivity contribution >= 4 is 19.8 Å². The normalized spacial score (nSPS) is 23.4. The molecule has 0 aromatic heterocycles. The second-order valence-electron chi connectivity index (χ2n) is 14.1. The van der Waals surface area contributed by atoms with Gasteiger partial charge in [-0.3, -0.25) is 18.6 Å². The summed E-state index contributed by atoms with van der Waals surface area (Å²) in [5.74, 6) is -1.27. The van der Waals surface area contributed by atoms with Crippen LogP contribution in [0.3, 0.4) is 0 Å². The summed E-state index contributed by atoms with van der Waals surface area (Å²) in [6.45, 7) is 3.01. The minimum Gasteiger partial charge on any atom is -0.462 e. The molecule has 14 heteroatoms. The first-order valence-electron chi connectivity index (χ1n) is 20.9. The van der Waals surface area contributed by atoms with Gasteiger partial charge >= 0.3 is 19.8 Å². The number of esters is 2. The van der Waals surface area contributed by atoms with Crippen LogP contribution in [0.2, 0.25) is 0 Å². The van der Waals surface area contributed by atoms with Crippen molar-refractivity contribution in [1.29, 1.82) is 0 Å². The van der Waals surface area contributed by atoms with Gasteiger partial charge < -0.3 is 39.9 Å². The number of ether oxygens (including phenoxy) is 2. The largest absolute Gasteiger partial charge is 0.472 e. The number of phosphoric acid groups is 1. The zero-order valence-corrected chi connectivity index (χ0v) is 35.4. The molecular weight excluding hydrogens is 767 g/mol. The molecule has 0 saturated heterocycles. The summed E-state index contributed by atoms with van der Waals surface area (Å²) in [7, 11) is -5.15. The molecule has 6 N–H and O–H groups in total. The third kappa shape index (κ3) is 26.2. The summed E-state index contributed by atoms with van der Waals surface area (Å²) in [6, 6.07) is 0. The van der Waals surface area contributed by atoms with Gasteiger partial charge in [0.2, 0.25) is 0 Å². The molecule has 1 saturated carbocycles. The molecule has 0 radical (unpaired) electrons. The third-order valence-electron chi connectivity index (χ3n) is 9.00. The van der Waals surface area contributed by atoms with Gasteiger partial charge in [0, 0.05) is 6.42 Å². The van der Waals surface area contributed by atoms with E-state index in [-0.39, 0.29) is 12.8 Å². The highest BCUT2D eigenvalue weighted by molar-refractivity contribution is 7.47. The number of allylic oxidation sites excluding steroid dienone is 13. The minimum absolute atomic E-state index is 0.126. The SMILES string of the molecule is CC/C=C\C/C=C\C/C=C\C/C=C\C/C=C\CC(=O)OC(COC(=O)CCCCCCC/C=C\C/C=C\CCCC)COP(=O)(O)OC1C(O)C(O)C(O)C(O)C1O. The summed E-state index contributed by atoms with van der Waals surface area (Å²) in [5.41, 5.74) is 0. The van der Waals surface area contributed by atoms with Crippen LogP contribution in [-0.4, -0.2) is 98.3 Å². The Hall–Kier alpha value is -2.97. The molecule has 13 nitrogen and oxygen atoms in total. The van der Waals surface area contributed by atoms with Gasteiger partial charge in [-0.1, -0.05) is 131 Å². The lowest BCUT2D eigenvalue weighted by molar-refractivity contribution is -0.220. The van der Waals surface area contributed by atoms with Crippen molar-refractivity contribution in [1.82, 2.24) is 0 Å². The highest BCUT2D eigenvalue weighted by atomic mass is 31.2. The topological polar surface area (TPSA) is 210 Å². The highest BCUT2D eigenvalue weighted by Crippen LogP contribution is 2.47. The van der Waals surface area contributed by atoms with Crippen LogP contribution in [0.25, 0.3) is 0 Å². The predicted molar refractivity (Wildman–Crippen MR) is 225 cm³/mol. The van der Waals surface area contributed by atoms with Crippen LogP contribution in [0, 0.1) is 0 Å². The number of rotatable bonds is 32. The highest BCUT2D eigenvalue weighted by Gasteiger charge is 2.51. The average molecular weight is 839 g/mol. The Balaban J connectivity index is 2.59. The Kier molecular flexibility index (Phi) is 30.9. The Morgan fingerprint density at radius 1 is 0.569 bits per heavy atom. The van der Waals surface area contributed by atoms with Crippen LogP contribution in [0.15, 0.2) is 85.1 Å². The van der Waals surface area contributed by atoms with Crippen molar-refractivity contribution in [3.8, 4) is 0 Å². The van der Waals surface area contributed by atoms with E-state index in [4.69, 9.17) is 18.5 Å². The van der Waals surface area contributed by atoms with Gasteiger partial charge in [-0.05, 0) is 64.2 Å². The number of aliphatic hydroxyl groups is 5. The third-order valence-corrected chi connectivity index (χ3v) is 9.99. The average Bonchev–Trinajstić information content (AvgIpc) is 3.20. The molecule has 330 valence electrons. The van der Waals surface area contributed by atoms with E-state index in [1.165, 1.54) is 12.8 Å². The first-order valence-corrected chi connectivity index (χ1v) is 22.4. The van der Waals surface area contributed by atoms with Crippen LogP contribution in [0.4, 0.5) is 0 Å². The molecule has 1 aliphatic rings. The van der Waals surface area contributed by atoms with E-state index in [2.05, 4.69) is 74.6 Å². The van der Waals surface area contributed by atoms with Crippen molar-refractivity contribution in [2.45, 2.75) is 166 Å². The Bertz CT molecular complexity index is 1340. The first-order chi connectivity index (χ1) is 27.9. The molecule has 6 unspecified atom stereocenters. The lowest BCUT2D eigenvalue weighted by Gasteiger charge is -2.41. The van der Waals surface area contributed by atoms with Gasteiger partial charge in [-0.2, -0.15) is 0 Å². The van der Waals surface area contributed by atoms with Gasteiger partial charge in [0.15, 0.2) is 6.10 Å². The molecule has 0 spiro atoms. The van der Waals surface area contributed by atoms with Gasteiger partial charge in [-0.25, -0.2) is 4.57 Å². The summed E-state index contributed by atoms with van der Waals surface area (Å²) < 4.78 is 33.3. The molecule has 0 aromatic rings. The van der Waals surface area contributed by atoms with Crippen LogP contribution >= 0.6 is 7.82 Å². The van der Waals surface area contributed by atoms with E-state index in [1.54, 1.807) is 12.2 Å². The van der Waals surface area contributed by atoms with Gasteiger partial charge in [0.05, 0.1) is 13.0 Å². The van der Waals surface area contributed by atoms with E-state index >= 15 is 0 Å². The molecule has 0 heterocycles. The summed E-state index contributed by atoms with van der Waals surface area (Å²) in [4.78, 5) is 35.5. The number of aliphatic hydroxyl groups excluding tert-OH is 5. The predicted octanol–water partition coefficient (Wildman–Crippen LogP) is 7.33. The molecule has 1 aliphatic carbocycles. The lowest BCUT2D eigenvalue weighted by Crippen LogP contribution is -2.64. The first kappa shape index (κ1) is 53.0. The maximum absolute atomic E-state index is 12.8. The zero-order valence-electron chi connectivity index (χ0n) is 34.5. The van der Waals surface area contributed by atoms with Crippen molar-refractivity contribution in [2.24, 2.45) is 0 Å². The molecule has 0 amide bonds. The molecular formula is C44H71O13P. The Morgan fingerprint density at radius 3 is 1.59 bits per heavy atom. The number of carbonyl (C=O) groups is 2. The van der Waals surface area contributed by atoms with Crippen LogP contribution in [0.1, 0.15) is 123 Å². The van der Waals surface area contributed by atoms with Crippen LogP contribution < -0.4 is 0 Å². The second-order valence-corrected chi connectivity index (χ2v) is 15.5. The maximum atomic E-state index is 12.8. The van der Waals surface area contributed by atoms with Crippen LogP contribution in [-0.2, 0) is 32.7 Å².